The third-order valence-corrected chi connectivity index (χ3v) is 2.65. The number of aliphatic hydroxyl groups is 1. The molecule has 0 aromatic carbocycles. The molecular formula is C10H10Cl2O3. The number of carbonyl (C=O) groups excluding carboxylic acids is 1. The summed E-state index contributed by atoms with van der Waals surface area (Å²) in [7, 11) is 0. The van der Waals surface area contributed by atoms with Crippen LogP contribution in [0.4, 0.5) is 0 Å². The Morgan fingerprint density at radius 3 is 2.60 bits per heavy atom. The molecule has 1 rings (SSSR count). The van der Waals surface area contributed by atoms with Crippen molar-refractivity contribution < 1.29 is 14.6 Å². The lowest BCUT2D eigenvalue weighted by atomic mass is 10.2. The van der Waals surface area contributed by atoms with Gasteiger partial charge in [-0.3, -0.25) is 0 Å². The summed E-state index contributed by atoms with van der Waals surface area (Å²) in [6, 6.07) is 0. The first kappa shape index (κ1) is 12.3. The number of halogens is 2. The normalized spacial score (nSPS) is 24.3. The quantitative estimate of drug-likeness (QED) is 0.615. The fraction of sp³-hybridized carbons (Fsp3) is 0.300. The first-order chi connectivity index (χ1) is 7.07. The summed E-state index contributed by atoms with van der Waals surface area (Å²) in [4.78, 5) is 11.0. The van der Waals surface area contributed by atoms with Crippen molar-refractivity contribution >= 4 is 29.2 Å². The Morgan fingerprint density at radius 1 is 1.47 bits per heavy atom. The summed E-state index contributed by atoms with van der Waals surface area (Å²) in [5.74, 6) is -0.704. The van der Waals surface area contributed by atoms with Crippen molar-refractivity contribution in [2.75, 3.05) is 0 Å². The Morgan fingerprint density at radius 2 is 2.13 bits per heavy atom. The zero-order valence-corrected chi connectivity index (χ0v) is 9.50. The molecule has 0 saturated carbocycles. The van der Waals surface area contributed by atoms with Crippen LogP contribution in [0.1, 0.15) is 6.92 Å². The van der Waals surface area contributed by atoms with Crippen LogP contribution in [0.15, 0.2) is 34.4 Å². The van der Waals surface area contributed by atoms with Gasteiger partial charge in [0.05, 0.1) is 5.03 Å². The zero-order chi connectivity index (χ0) is 11.4. The van der Waals surface area contributed by atoms with Crippen molar-refractivity contribution in [3.05, 3.63) is 34.4 Å². The van der Waals surface area contributed by atoms with Gasteiger partial charge in [-0.1, -0.05) is 47.5 Å². The Kier molecular flexibility index (Phi) is 4.39. The van der Waals surface area contributed by atoms with E-state index in [2.05, 4.69) is 0 Å². The number of allylic oxidation sites excluding steroid dienone is 3. The van der Waals surface area contributed by atoms with Crippen molar-refractivity contribution in [2.24, 2.45) is 0 Å². The molecule has 15 heavy (non-hydrogen) atoms. The van der Waals surface area contributed by atoms with Gasteiger partial charge in [0, 0.05) is 0 Å². The molecule has 0 aromatic rings. The minimum Gasteiger partial charge on any atom is -0.449 e. The fourth-order valence-electron chi connectivity index (χ4n) is 1.05. The highest BCUT2D eigenvalue weighted by Gasteiger charge is 2.35. The molecule has 0 aromatic heterocycles. The lowest BCUT2D eigenvalue weighted by molar-refractivity contribution is -0.141. The third-order valence-electron chi connectivity index (χ3n) is 1.79. The summed E-state index contributed by atoms with van der Waals surface area (Å²) in [5, 5.41) is 9.48. The molecule has 2 atom stereocenters. The molecule has 0 spiro atoms. The summed E-state index contributed by atoms with van der Waals surface area (Å²) < 4.78 is 4.78. The lowest BCUT2D eigenvalue weighted by Gasteiger charge is -2.13. The van der Waals surface area contributed by atoms with E-state index in [1.807, 2.05) is 6.92 Å². The first-order valence-corrected chi connectivity index (χ1v) is 5.07. The van der Waals surface area contributed by atoms with Gasteiger partial charge in [-0.25, -0.2) is 4.79 Å². The van der Waals surface area contributed by atoms with Gasteiger partial charge in [-0.15, -0.1) is 0 Å². The van der Waals surface area contributed by atoms with Crippen molar-refractivity contribution in [1.82, 2.24) is 0 Å². The number of carbonyl (C=O) groups is 1. The van der Waals surface area contributed by atoms with Crippen LogP contribution in [0.5, 0.6) is 0 Å². The maximum atomic E-state index is 11.0. The molecule has 0 saturated heterocycles. The monoisotopic (exact) mass is 248 g/mol. The first-order valence-electron chi connectivity index (χ1n) is 4.31. The predicted octanol–water partition coefficient (Wildman–Crippen LogP) is 2.09. The number of ether oxygens (including phenoxy) is 1. The van der Waals surface area contributed by atoms with Crippen LogP contribution >= 0.6 is 23.2 Å². The van der Waals surface area contributed by atoms with E-state index < -0.39 is 18.2 Å². The summed E-state index contributed by atoms with van der Waals surface area (Å²) in [5.41, 5.74) is 0. The SMILES string of the molecule is C/C=C/C=C/C(O)C1OC(=O)C(Cl)=C1Cl. The van der Waals surface area contributed by atoms with Gasteiger partial charge in [0.15, 0.2) is 6.10 Å². The van der Waals surface area contributed by atoms with Gasteiger partial charge in [-0.05, 0) is 6.92 Å². The molecule has 1 aliphatic heterocycles. The largest absolute Gasteiger partial charge is 0.449 e. The van der Waals surface area contributed by atoms with E-state index in [4.69, 9.17) is 27.9 Å². The van der Waals surface area contributed by atoms with Crippen molar-refractivity contribution in [3.8, 4) is 0 Å². The topological polar surface area (TPSA) is 46.5 Å². The number of aliphatic hydroxyl groups excluding tert-OH is 1. The van der Waals surface area contributed by atoms with Crippen molar-refractivity contribution in [3.63, 3.8) is 0 Å². The third kappa shape index (κ3) is 2.84. The van der Waals surface area contributed by atoms with E-state index in [0.29, 0.717) is 0 Å². The average Bonchev–Trinajstić information content (AvgIpc) is 2.46. The van der Waals surface area contributed by atoms with Crippen molar-refractivity contribution in [1.29, 1.82) is 0 Å². The molecule has 5 heteroatoms. The van der Waals surface area contributed by atoms with E-state index in [9.17, 15) is 9.90 Å². The van der Waals surface area contributed by atoms with Crippen LogP contribution < -0.4 is 0 Å². The zero-order valence-electron chi connectivity index (χ0n) is 7.98. The standard InChI is InChI=1S/C10H10Cl2O3/c1-2-3-4-5-6(13)9-7(11)8(12)10(14)15-9/h2-6,9,13H,1H3/b3-2+,5-4+. The molecule has 0 amide bonds. The molecule has 0 bridgehead atoms. The molecule has 0 radical (unpaired) electrons. The summed E-state index contributed by atoms with van der Waals surface area (Å²) in [6.07, 6.45) is 4.75. The van der Waals surface area contributed by atoms with E-state index in [1.165, 1.54) is 6.08 Å². The minimum atomic E-state index is -0.992. The highest BCUT2D eigenvalue weighted by atomic mass is 35.5. The average molecular weight is 249 g/mol. The highest BCUT2D eigenvalue weighted by Crippen LogP contribution is 2.30. The molecule has 1 heterocycles. The highest BCUT2D eigenvalue weighted by molar-refractivity contribution is 6.48. The second-order valence-electron chi connectivity index (χ2n) is 2.89. The van der Waals surface area contributed by atoms with Gasteiger partial charge in [0.25, 0.3) is 0 Å². The van der Waals surface area contributed by atoms with Crippen molar-refractivity contribution in [2.45, 2.75) is 19.1 Å². The summed E-state index contributed by atoms with van der Waals surface area (Å²) in [6.45, 7) is 1.84. The molecule has 2 unspecified atom stereocenters. The van der Waals surface area contributed by atoms with E-state index in [1.54, 1.807) is 18.2 Å². The smallest absolute Gasteiger partial charge is 0.351 e. The van der Waals surface area contributed by atoms with E-state index in [-0.39, 0.29) is 10.1 Å². The predicted molar refractivity (Wildman–Crippen MR) is 58.6 cm³/mol. The number of rotatable bonds is 3. The van der Waals surface area contributed by atoms with Gasteiger partial charge >= 0.3 is 5.97 Å². The Labute approximate surface area is 97.6 Å². The second-order valence-corrected chi connectivity index (χ2v) is 3.67. The number of hydrogen-bond acceptors (Lipinski definition) is 3. The molecule has 1 N–H and O–H groups in total. The molecular weight excluding hydrogens is 239 g/mol. The maximum absolute atomic E-state index is 11.0. The summed E-state index contributed by atoms with van der Waals surface area (Å²) >= 11 is 11.3. The number of cyclic esters (lactones) is 1. The molecule has 82 valence electrons. The Balaban J connectivity index is 2.71. The van der Waals surface area contributed by atoms with Crippen LogP contribution in [0.3, 0.4) is 0 Å². The van der Waals surface area contributed by atoms with Gasteiger partial charge in [0.2, 0.25) is 0 Å². The Bertz CT molecular complexity index is 345. The second kappa shape index (κ2) is 5.35. The maximum Gasteiger partial charge on any atom is 0.351 e. The fourth-order valence-corrected chi connectivity index (χ4v) is 1.45. The molecule has 3 nitrogen and oxygen atoms in total. The minimum absolute atomic E-state index is 0.0410. The van der Waals surface area contributed by atoms with Crippen LogP contribution in [0.2, 0.25) is 0 Å². The lowest BCUT2D eigenvalue weighted by Crippen LogP contribution is -2.25. The molecule has 0 fully saturated rings. The van der Waals surface area contributed by atoms with Gasteiger partial charge in [-0.2, -0.15) is 0 Å². The van der Waals surface area contributed by atoms with Gasteiger partial charge in [0.1, 0.15) is 11.1 Å². The van der Waals surface area contributed by atoms with E-state index >= 15 is 0 Å². The molecule has 0 aliphatic carbocycles. The number of hydrogen-bond donors (Lipinski definition) is 1. The van der Waals surface area contributed by atoms with Crippen LogP contribution in [0, 0.1) is 0 Å². The van der Waals surface area contributed by atoms with Crippen LogP contribution in [-0.4, -0.2) is 23.3 Å². The van der Waals surface area contributed by atoms with Crippen LogP contribution in [-0.2, 0) is 9.53 Å². The number of esters is 1. The van der Waals surface area contributed by atoms with E-state index in [0.717, 1.165) is 0 Å². The van der Waals surface area contributed by atoms with Gasteiger partial charge < -0.3 is 9.84 Å². The van der Waals surface area contributed by atoms with Crippen LogP contribution in [0.25, 0.3) is 0 Å². The molecule has 1 aliphatic rings. The Hall–Kier alpha value is -0.770.